The molecule has 0 saturated carbocycles. The summed E-state index contributed by atoms with van der Waals surface area (Å²) in [6, 6.07) is 5.16. The third kappa shape index (κ3) is 4.94. The van der Waals surface area contributed by atoms with Gasteiger partial charge in [-0.25, -0.2) is 8.78 Å². The van der Waals surface area contributed by atoms with Gasteiger partial charge < -0.3 is 10.1 Å². The monoisotopic (exact) mass is 317 g/mol. The van der Waals surface area contributed by atoms with Gasteiger partial charge in [-0.15, -0.1) is 0 Å². The Labute approximate surface area is 122 Å². The number of halogens is 5. The summed E-state index contributed by atoms with van der Waals surface area (Å²) in [5, 5.41) is 19.4. The van der Waals surface area contributed by atoms with Crippen molar-refractivity contribution < 1.29 is 26.7 Å². The summed E-state index contributed by atoms with van der Waals surface area (Å²) in [4.78, 5) is 0. The second kappa shape index (κ2) is 7.27. The van der Waals surface area contributed by atoms with Gasteiger partial charge in [0.25, 0.3) is 6.43 Å². The van der Waals surface area contributed by atoms with Crippen LogP contribution in [-0.2, 0) is 6.18 Å². The zero-order valence-corrected chi connectivity index (χ0v) is 10.8. The fourth-order valence-corrected chi connectivity index (χ4v) is 1.34. The average molecular weight is 317 g/mol. The molecular formula is C13H8F5N3O. The van der Waals surface area contributed by atoms with Crippen LogP contribution in [0.4, 0.5) is 27.6 Å². The van der Waals surface area contributed by atoms with Crippen molar-refractivity contribution in [2.75, 3.05) is 11.9 Å². The van der Waals surface area contributed by atoms with E-state index in [1.807, 2.05) is 0 Å². The molecule has 0 spiro atoms. The van der Waals surface area contributed by atoms with Crippen LogP contribution < -0.4 is 10.1 Å². The molecule has 0 fully saturated rings. The third-order valence-corrected chi connectivity index (χ3v) is 2.28. The number of nitriles is 2. The average Bonchev–Trinajstić information content (AvgIpc) is 2.45. The SMILES string of the molecule is N#CC(C#N)=CNc1cc(C(F)(F)F)ccc1OCC(F)F. The number of nitrogens with zero attached hydrogens (tertiary/aromatic N) is 2. The Morgan fingerprint density at radius 1 is 1.27 bits per heavy atom. The first kappa shape index (κ1) is 17.2. The van der Waals surface area contributed by atoms with Gasteiger partial charge in [0.05, 0.1) is 11.3 Å². The summed E-state index contributed by atoms with van der Waals surface area (Å²) in [5.74, 6) is -0.264. The maximum atomic E-state index is 12.6. The standard InChI is InChI=1S/C13H8F5N3O/c14-12(15)7-22-11-2-1-9(13(16,17)18)3-10(11)21-6-8(4-19)5-20/h1-3,6,12,21H,7H2. The van der Waals surface area contributed by atoms with Gasteiger partial charge in [-0.05, 0) is 18.2 Å². The second-order valence-corrected chi connectivity index (χ2v) is 3.84. The number of anilines is 1. The van der Waals surface area contributed by atoms with Crippen molar-refractivity contribution in [1.82, 2.24) is 0 Å². The molecule has 0 radical (unpaired) electrons. The van der Waals surface area contributed by atoms with Crippen LogP contribution in [0.3, 0.4) is 0 Å². The minimum atomic E-state index is -4.64. The molecule has 22 heavy (non-hydrogen) atoms. The van der Waals surface area contributed by atoms with E-state index >= 15 is 0 Å². The summed E-state index contributed by atoms with van der Waals surface area (Å²) < 4.78 is 66.8. The van der Waals surface area contributed by atoms with E-state index in [9.17, 15) is 22.0 Å². The molecule has 0 atom stereocenters. The molecule has 1 rings (SSSR count). The summed E-state index contributed by atoms with van der Waals surface area (Å²) in [5.41, 5.74) is -1.74. The van der Waals surface area contributed by atoms with Crippen molar-refractivity contribution in [3.8, 4) is 17.9 Å². The summed E-state index contributed by atoms with van der Waals surface area (Å²) in [7, 11) is 0. The number of benzene rings is 1. The molecule has 0 bridgehead atoms. The van der Waals surface area contributed by atoms with Crippen LogP contribution in [0.2, 0.25) is 0 Å². The molecule has 0 saturated heterocycles. The van der Waals surface area contributed by atoms with E-state index in [2.05, 4.69) is 5.32 Å². The van der Waals surface area contributed by atoms with Gasteiger partial charge in [-0.3, -0.25) is 0 Å². The van der Waals surface area contributed by atoms with Crippen LogP contribution in [0, 0.1) is 22.7 Å². The number of ether oxygens (including phenoxy) is 1. The number of hydrogen-bond acceptors (Lipinski definition) is 4. The highest BCUT2D eigenvalue weighted by Gasteiger charge is 2.31. The van der Waals surface area contributed by atoms with Gasteiger partial charge >= 0.3 is 6.18 Å². The Kier molecular flexibility index (Phi) is 5.70. The molecule has 0 unspecified atom stereocenters. The molecule has 9 heteroatoms. The quantitative estimate of drug-likeness (QED) is 0.664. The Balaban J connectivity index is 3.14. The van der Waals surface area contributed by atoms with Crippen LogP contribution in [-0.4, -0.2) is 13.0 Å². The highest BCUT2D eigenvalue weighted by Crippen LogP contribution is 2.35. The lowest BCUT2D eigenvalue weighted by atomic mass is 10.1. The molecule has 0 aliphatic carbocycles. The maximum absolute atomic E-state index is 12.6. The van der Waals surface area contributed by atoms with E-state index < -0.39 is 30.3 Å². The summed E-state index contributed by atoms with van der Waals surface area (Å²) in [6.07, 6.45) is -6.60. The molecular weight excluding hydrogens is 309 g/mol. The first-order chi connectivity index (χ1) is 10.3. The van der Waals surface area contributed by atoms with Crippen molar-refractivity contribution in [2.24, 2.45) is 0 Å². The van der Waals surface area contributed by atoms with Gasteiger partial charge in [0.15, 0.2) is 0 Å². The van der Waals surface area contributed by atoms with Crippen LogP contribution in [0.15, 0.2) is 30.0 Å². The fraction of sp³-hybridized carbons (Fsp3) is 0.231. The Bertz CT molecular complexity index is 625. The lowest BCUT2D eigenvalue weighted by Gasteiger charge is -2.14. The number of allylic oxidation sites excluding steroid dienone is 1. The highest BCUT2D eigenvalue weighted by atomic mass is 19.4. The van der Waals surface area contributed by atoms with Crippen LogP contribution in [0.25, 0.3) is 0 Å². The van der Waals surface area contributed by atoms with Crippen LogP contribution in [0.5, 0.6) is 5.75 Å². The molecule has 0 aromatic heterocycles. The maximum Gasteiger partial charge on any atom is 0.416 e. The van der Waals surface area contributed by atoms with Crippen molar-refractivity contribution in [1.29, 1.82) is 10.5 Å². The molecule has 1 aromatic carbocycles. The fourth-order valence-electron chi connectivity index (χ4n) is 1.34. The second-order valence-electron chi connectivity index (χ2n) is 3.84. The van der Waals surface area contributed by atoms with Crippen molar-refractivity contribution in [3.63, 3.8) is 0 Å². The van der Waals surface area contributed by atoms with E-state index in [0.29, 0.717) is 12.1 Å². The van der Waals surface area contributed by atoms with Gasteiger partial charge in [0.2, 0.25) is 0 Å². The predicted molar refractivity (Wildman–Crippen MR) is 65.9 cm³/mol. The molecule has 0 heterocycles. The lowest BCUT2D eigenvalue weighted by molar-refractivity contribution is -0.137. The Hall–Kier alpha value is -2.81. The van der Waals surface area contributed by atoms with Crippen molar-refractivity contribution >= 4 is 5.69 Å². The van der Waals surface area contributed by atoms with Crippen LogP contribution in [0.1, 0.15) is 5.56 Å². The molecule has 1 aromatic rings. The lowest BCUT2D eigenvalue weighted by Crippen LogP contribution is -2.10. The van der Waals surface area contributed by atoms with E-state index in [1.54, 1.807) is 0 Å². The van der Waals surface area contributed by atoms with Gasteiger partial charge in [-0.2, -0.15) is 23.7 Å². The van der Waals surface area contributed by atoms with Crippen molar-refractivity contribution in [3.05, 3.63) is 35.5 Å². The smallest absolute Gasteiger partial charge is 0.416 e. The predicted octanol–water partition coefficient (Wildman–Crippen LogP) is 3.69. The molecule has 1 N–H and O–H groups in total. The first-order valence-electron chi connectivity index (χ1n) is 5.67. The van der Waals surface area contributed by atoms with Gasteiger partial charge in [0, 0.05) is 6.20 Å². The van der Waals surface area contributed by atoms with Gasteiger partial charge in [0.1, 0.15) is 30.1 Å². The molecule has 0 aliphatic rings. The first-order valence-corrected chi connectivity index (χ1v) is 5.67. The number of nitrogens with one attached hydrogen (secondary N) is 1. The number of alkyl halides is 5. The van der Waals surface area contributed by atoms with E-state index in [-0.39, 0.29) is 11.4 Å². The highest BCUT2D eigenvalue weighted by molar-refractivity contribution is 5.61. The molecule has 0 amide bonds. The van der Waals surface area contributed by atoms with E-state index in [0.717, 1.165) is 12.3 Å². The zero-order valence-electron chi connectivity index (χ0n) is 10.8. The van der Waals surface area contributed by atoms with Crippen molar-refractivity contribution in [2.45, 2.75) is 12.6 Å². The molecule has 4 nitrogen and oxygen atoms in total. The Morgan fingerprint density at radius 3 is 2.41 bits per heavy atom. The van der Waals surface area contributed by atoms with E-state index in [4.69, 9.17) is 15.3 Å². The Morgan fingerprint density at radius 2 is 1.91 bits per heavy atom. The summed E-state index contributed by atoms with van der Waals surface area (Å²) in [6.45, 7) is -1.01. The van der Waals surface area contributed by atoms with E-state index in [1.165, 1.54) is 12.1 Å². The van der Waals surface area contributed by atoms with Crippen LogP contribution >= 0.6 is 0 Å². The number of hydrogen-bond donors (Lipinski definition) is 1. The molecule has 116 valence electrons. The minimum Gasteiger partial charge on any atom is -0.485 e. The molecule has 0 aliphatic heterocycles. The minimum absolute atomic E-state index is 0.264. The summed E-state index contributed by atoms with van der Waals surface area (Å²) >= 11 is 0. The largest absolute Gasteiger partial charge is 0.485 e. The topological polar surface area (TPSA) is 68.8 Å². The third-order valence-electron chi connectivity index (χ3n) is 2.28. The zero-order chi connectivity index (χ0) is 16.8. The number of rotatable bonds is 5. The van der Waals surface area contributed by atoms with Gasteiger partial charge in [-0.1, -0.05) is 0 Å². The normalized spacial score (nSPS) is 10.5.